The van der Waals surface area contributed by atoms with Crippen LogP contribution in [0, 0.1) is 13.8 Å². The first-order chi connectivity index (χ1) is 21.2. The Bertz CT molecular complexity index is 1820. The molecule has 0 radical (unpaired) electrons. The molecule has 4 aromatic carbocycles. The van der Waals surface area contributed by atoms with E-state index in [2.05, 4.69) is 58.0 Å². The molecule has 5 rings (SSSR count). The molecule has 44 heavy (non-hydrogen) atoms. The monoisotopic (exact) mass is 731 g/mol. The number of aryl methyl sites for hydroxylation is 2. The number of aromatic nitrogens is 1. The zero-order valence-corrected chi connectivity index (χ0v) is 27.7. The van der Waals surface area contributed by atoms with Gasteiger partial charge in [0.05, 0.1) is 16.4 Å². The van der Waals surface area contributed by atoms with Gasteiger partial charge in [-0.3, -0.25) is 9.59 Å². The second-order valence-corrected chi connectivity index (χ2v) is 12.4. The summed E-state index contributed by atoms with van der Waals surface area (Å²) in [6.07, 6.45) is 1.47. The van der Waals surface area contributed by atoms with E-state index in [-0.39, 0.29) is 18.4 Å². The van der Waals surface area contributed by atoms with Gasteiger partial charge >= 0.3 is 0 Å². The molecule has 0 saturated carbocycles. The van der Waals surface area contributed by atoms with Crippen LogP contribution >= 0.6 is 43.2 Å². The minimum atomic E-state index is -0.373. The van der Waals surface area contributed by atoms with Gasteiger partial charge in [0.15, 0.2) is 11.7 Å². The van der Waals surface area contributed by atoms with Gasteiger partial charge in [-0.15, -0.1) is 11.3 Å². The average molecular weight is 733 g/mol. The van der Waals surface area contributed by atoms with E-state index in [0.717, 1.165) is 37.8 Å². The molecule has 3 N–H and O–H groups in total. The van der Waals surface area contributed by atoms with Crippen LogP contribution in [0.5, 0.6) is 5.75 Å². The van der Waals surface area contributed by atoms with Crippen LogP contribution in [0.2, 0.25) is 0 Å². The summed E-state index contributed by atoms with van der Waals surface area (Å²) < 4.78 is 7.23. The molecule has 0 saturated heterocycles. The number of para-hydroxylation sites is 1. The second kappa shape index (κ2) is 14.4. The number of hydrogen-bond acceptors (Lipinski definition) is 7. The quantitative estimate of drug-likeness (QED) is 0.0987. The number of anilines is 3. The van der Waals surface area contributed by atoms with Gasteiger partial charge in [0.25, 0.3) is 11.8 Å². The van der Waals surface area contributed by atoms with Crippen molar-refractivity contribution < 1.29 is 14.3 Å². The molecule has 2 amide bonds. The van der Waals surface area contributed by atoms with Crippen molar-refractivity contribution in [2.24, 2.45) is 5.10 Å². The number of carbonyl (C=O) groups excluding carboxylic acids is 2. The fraction of sp³-hybridized carbons (Fsp3) is 0.0909. The third-order valence-electron chi connectivity index (χ3n) is 6.42. The molecule has 0 bridgehead atoms. The molecule has 11 heteroatoms. The van der Waals surface area contributed by atoms with Crippen molar-refractivity contribution >= 4 is 77.7 Å². The Morgan fingerprint density at radius 1 is 0.977 bits per heavy atom. The van der Waals surface area contributed by atoms with Gasteiger partial charge in [-0.1, -0.05) is 64.0 Å². The number of ether oxygens (including phenoxy) is 1. The summed E-state index contributed by atoms with van der Waals surface area (Å²) in [6.45, 7) is 3.75. The average Bonchev–Trinajstić information content (AvgIpc) is 3.47. The van der Waals surface area contributed by atoms with Gasteiger partial charge in [-0.25, -0.2) is 10.4 Å². The molecule has 0 fully saturated rings. The summed E-state index contributed by atoms with van der Waals surface area (Å²) in [4.78, 5) is 30.0. The summed E-state index contributed by atoms with van der Waals surface area (Å²) in [7, 11) is 0. The van der Waals surface area contributed by atoms with E-state index in [9.17, 15) is 9.59 Å². The van der Waals surface area contributed by atoms with Crippen molar-refractivity contribution in [3.05, 3.63) is 122 Å². The number of carbonyl (C=O) groups is 2. The molecule has 222 valence electrons. The highest BCUT2D eigenvalue weighted by molar-refractivity contribution is 9.11. The Hall–Kier alpha value is -4.32. The minimum Gasteiger partial charge on any atom is -0.482 e. The van der Waals surface area contributed by atoms with Crippen LogP contribution in [0.15, 0.2) is 104 Å². The van der Waals surface area contributed by atoms with E-state index < -0.39 is 0 Å². The standard InChI is InChI=1S/C33H27Br2N5O3S/c1-20-7-13-26(14-8-20)37-33-39-29(19-44-33)22-9-11-23(12-10-22)32(42)40-36-17-24-15-25(34)16-27(35)31(24)43-18-30(41)38-28-6-4-3-5-21(28)2/h3-17,19H,18H2,1-2H3,(H,37,39)(H,38,41)(H,40,42)/b36-17+. The molecule has 0 unspecified atom stereocenters. The smallest absolute Gasteiger partial charge is 0.271 e. The van der Waals surface area contributed by atoms with E-state index in [1.807, 2.05) is 79.9 Å². The van der Waals surface area contributed by atoms with Crippen LogP contribution in [0.3, 0.4) is 0 Å². The van der Waals surface area contributed by atoms with Crippen LogP contribution in [-0.4, -0.2) is 29.6 Å². The number of amides is 2. The molecular weight excluding hydrogens is 706 g/mol. The van der Waals surface area contributed by atoms with Crippen molar-refractivity contribution in [2.45, 2.75) is 13.8 Å². The number of halogens is 2. The van der Waals surface area contributed by atoms with E-state index in [0.29, 0.717) is 21.3 Å². The van der Waals surface area contributed by atoms with Crippen LogP contribution in [0.25, 0.3) is 11.3 Å². The van der Waals surface area contributed by atoms with Gasteiger partial charge < -0.3 is 15.4 Å². The van der Waals surface area contributed by atoms with Gasteiger partial charge in [0.1, 0.15) is 5.75 Å². The first-order valence-electron chi connectivity index (χ1n) is 13.5. The summed E-state index contributed by atoms with van der Waals surface area (Å²) >= 11 is 8.46. The first-order valence-corrected chi connectivity index (χ1v) is 15.9. The van der Waals surface area contributed by atoms with Crippen LogP contribution in [0.4, 0.5) is 16.5 Å². The largest absolute Gasteiger partial charge is 0.482 e. The molecule has 0 atom stereocenters. The molecule has 1 aromatic heterocycles. The zero-order valence-electron chi connectivity index (χ0n) is 23.7. The van der Waals surface area contributed by atoms with Crippen LogP contribution < -0.4 is 20.8 Å². The predicted molar refractivity (Wildman–Crippen MR) is 184 cm³/mol. The molecule has 0 aliphatic carbocycles. The van der Waals surface area contributed by atoms with Gasteiger partial charge in [0, 0.05) is 37.9 Å². The third-order valence-corrected chi connectivity index (χ3v) is 8.23. The predicted octanol–water partition coefficient (Wildman–Crippen LogP) is 8.48. The lowest BCUT2D eigenvalue weighted by Crippen LogP contribution is -2.21. The summed E-state index contributed by atoms with van der Waals surface area (Å²) in [5.41, 5.74) is 9.11. The van der Waals surface area contributed by atoms with Gasteiger partial charge in [-0.2, -0.15) is 5.10 Å². The number of hydrogen-bond donors (Lipinski definition) is 3. The Kier molecular flexibility index (Phi) is 10.2. The molecule has 8 nitrogen and oxygen atoms in total. The maximum atomic E-state index is 12.8. The van der Waals surface area contributed by atoms with E-state index in [1.165, 1.54) is 23.1 Å². The first kappa shape index (κ1) is 31.1. The Morgan fingerprint density at radius 3 is 2.48 bits per heavy atom. The fourth-order valence-electron chi connectivity index (χ4n) is 4.11. The van der Waals surface area contributed by atoms with Crippen molar-refractivity contribution in [1.82, 2.24) is 10.4 Å². The highest BCUT2D eigenvalue weighted by atomic mass is 79.9. The van der Waals surface area contributed by atoms with E-state index >= 15 is 0 Å². The molecule has 0 spiro atoms. The molecule has 5 aromatic rings. The number of nitrogens with zero attached hydrogens (tertiary/aromatic N) is 2. The molecule has 0 aliphatic heterocycles. The third kappa shape index (κ3) is 8.19. The fourth-order valence-corrected chi connectivity index (χ4v) is 6.22. The second-order valence-electron chi connectivity index (χ2n) is 9.76. The lowest BCUT2D eigenvalue weighted by Gasteiger charge is -2.13. The van der Waals surface area contributed by atoms with Crippen molar-refractivity contribution in [3.8, 4) is 17.0 Å². The van der Waals surface area contributed by atoms with Crippen molar-refractivity contribution in [3.63, 3.8) is 0 Å². The van der Waals surface area contributed by atoms with Crippen LogP contribution in [0.1, 0.15) is 27.0 Å². The summed E-state index contributed by atoms with van der Waals surface area (Å²) in [5, 5.41) is 13.1. The van der Waals surface area contributed by atoms with Crippen molar-refractivity contribution in [1.29, 1.82) is 0 Å². The Morgan fingerprint density at radius 2 is 1.73 bits per heavy atom. The molecule has 0 aliphatic rings. The highest BCUT2D eigenvalue weighted by Crippen LogP contribution is 2.32. The lowest BCUT2D eigenvalue weighted by atomic mass is 10.1. The SMILES string of the molecule is Cc1ccc(Nc2nc(-c3ccc(C(=O)N/N=C/c4cc(Br)cc(Br)c4OCC(=O)Nc4ccccc4C)cc3)cs2)cc1. The van der Waals surface area contributed by atoms with Crippen LogP contribution in [-0.2, 0) is 4.79 Å². The van der Waals surface area contributed by atoms with E-state index in [4.69, 9.17) is 4.74 Å². The van der Waals surface area contributed by atoms with Gasteiger partial charge in [0.2, 0.25) is 0 Å². The Labute approximate surface area is 275 Å². The Balaban J connectivity index is 1.19. The highest BCUT2D eigenvalue weighted by Gasteiger charge is 2.13. The number of rotatable bonds is 10. The van der Waals surface area contributed by atoms with Gasteiger partial charge in [-0.05, 0) is 77.8 Å². The molecule has 1 heterocycles. The number of thiazole rings is 1. The van der Waals surface area contributed by atoms with Crippen molar-refractivity contribution in [2.75, 3.05) is 17.2 Å². The van der Waals surface area contributed by atoms with E-state index in [1.54, 1.807) is 24.3 Å². The normalized spacial score (nSPS) is 10.9. The molecular formula is C33H27Br2N5O3S. The summed E-state index contributed by atoms with van der Waals surface area (Å²) in [5.74, 6) is -0.262. The summed E-state index contributed by atoms with van der Waals surface area (Å²) in [6, 6.07) is 26.4. The number of hydrazone groups is 1. The topological polar surface area (TPSA) is 105 Å². The number of benzene rings is 4. The maximum Gasteiger partial charge on any atom is 0.271 e. The maximum absolute atomic E-state index is 12.8. The number of nitrogens with one attached hydrogen (secondary N) is 3. The zero-order chi connectivity index (χ0) is 31.1. The minimum absolute atomic E-state index is 0.212. The lowest BCUT2D eigenvalue weighted by molar-refractivity contribution is -0.118.